The van der Waals surface area contributed by atoms with E-state index < -0.39 is 0 Å². The van der Waals surface area contributed by atoms with E-state index in [1.54, 1.807) is 17.7 Å². The second kappa shape index (κ2) is 8.90. The Labute approximate surface area is 178 Å². The number of aromatic nitrogens is 2. The molecule has 4 nitrogen and oxygen atoms in total. The second-order valence-electron chi connectivity index (χ2n) is 7.17. The van der Waals surface area contributed by atoms with Gasteiger partial charge in [-0.1, -0.05) is 43.3 Å². The van der Waals surface area contributed by atoms with Crippen molar-refractivity contribution in [3.63, 3.8) is 0 Å². The van der Waals surface area contributed by atoms with Crippen LogP contribution >= 0.6 is 11.3 Å². The molecule has 0 amide bonds. The average Bonchev–Trinajstić information content (AvgIpc) is 3.19. The summed E-state index contributed by atoms with van der Waals surface area (Å²) in [5.74, 6) is 0.327. The zero-order valence-corrected chi connectivity index (χ0v) is 17.8. The van der Waals surface area contributed by atoms with Gasteiger partial charge in [-0.25, -0.2) is 9.37 Å². The van der Waals surface area contributed by atoms with Crippen LogP contribution < -0.4 is 5.56 Å². The predicted octanol–water partition coefficient (Wildman–Crippen LogP) is 5.06. The third-order valence-corrected chi connectivity index (χ3v) is 6.08. The summed E-state index contributed by atoms with van der Waals surface area (Å²) in [5, 5.41) is 2.61. The molecule has 0 N–H and O–H groups in total. The Morgan fingerprint density at radius 1 is 1.13 bits per heavy atom. The molecule has 4 rings (SSSR count). The lowest BCUT2D eigenvalue weighted by Gasteiger charge is -2.13. The minimum atomic E-state index is -0.319. The summed E-state index contributed by atoms with van der Waals surface area (Å²) < 4.78 is 20.6. The summed E-state index contributed by atoms with van der Waals surface area (Å²) in [6, 6.07) is 14.6. The summed E-state index contributed by atoms with van der Waals surface area (Å²) in [7, 11) is 1.62. The molecule has 2 heterocycles. The number of nitrogens with zero attached hydrogens (tertiary/aromatic N) is 2. The highest BCUT2D eigenvalue weighted by Gasteiger charge is 2.17. The molecule has 6 heteroatoms. The third-order valence-electron chi connectivity index (χ3n) is 5.21. The maximum Gasteiger partial charge on any atom is 0.263 e. The zero-order chi connectivity index (χ0) is 21.1. The van der Waals surface area contributed by atoms with Gasteiger partial charge in [0.1, 0.15) is 16.5 Å². The molecule has 0 spiro atoms. The van der Waals surface area contributed by atoms with Crippen molar-refractivity contribution < 1.29 is 9.13 Å². The first-order valence-electron chi connectivity index (χ1n) is 9.94. The van der Waals surface area contributed by atoms with E-state index >= 15 is 0 Å². The average molecular weight is 423 g/mol. The molecule has 0 unspecified atom stereocenters. The van der Waals surface area contributed by atoms with Gasteiger partial charge in [-0.15, -0.1) is 11.3 Å². The SMILES string of the molecule is CCc1ccc(-c2csc3nc(CCOC)n(Cc4cccc(F)c4)c(=O)c23)cc1. The molecule has 0 fully saturated rings. The fraction of sp³-hybridized carbons (Fsp3) is 0.250. The molecule has 0 aliphatic heterocycles. The van der Waals surface area contributed by atoms with Crippen LogP contribution in [-0.4, -0.2) is 23.3 Å². The molecule has 0 saturated heterocycles. The standard InChI is InChI=1S/C24H23FN2O2S/c1-3-16-7-9-18(10-8-16)20-15-30-23-22(20)24(28)27(21(26-23)11-12-29-2)14-17-5-4-6-19(25)13-17/h4-10,13,15H,3,11-12,14H2,1-2H3. The molecule has 2 aromatic carbocycles. The van der Waals surface area contributed by atoms with Gasteiger partial charge in [0.2, 0.25) is 0 Å². The summed E-state index contributed by atoms with van der Waals surface area (Å²) in [6.45, 7) is 2.84. The number of rotatable bonds is 7. The van der Waals surface area contributed by atoms with E-state index in [0.29, 0.717) is 24.2 Å². The number of thiophene rings is 1. The summed E-state index contributed by atoms with van der Waals surface area (Å²) >= 11 is 1.47. The minimum absolute atomic E-state index is 0.105. The minimum Gasteiger partial charge on any atom is -0.384 e. The van der Waals surface area contributed by atoms with E-state index in [0.717, 1.165) is 27.9 Å². The highest BCUT2D eigenvalue weighted by molar-refractivity contribution is 7.17. The van der Waals surface area contributed by atoms with Crippen LogP contribution in [0.3, 0.4) is 0 Å². The first kappa shape index (κ1) is 20.4. The van der Waals surface area contributed by atoms with Gasteiger partial charge in [-0.3, -0.25) is 9.36 Å². The largest absolute Gasteiger partial charge is 0.384 e. The summed E-state index contributed by atoms with van der Waals surface area (Å²) in [4.78, 5) is 19.1. The Kier molecular flexibility index (Phi) is 6.06. The van der Waals surface area contributed by atoms with Crippen molar-refractivity contribution in [2.75, 3.05) is 13.7 Å². The number of halogens is 1. The molecule has 0 saturated carbocycles. The molecular formula is C24H23FN2O2S. The Morgan fingerprint density at radius 3 is 2.63 bits per heavy atom. The topological polar surface area (TPSA) is 44.1 Å². The van der Waals surface area contributed by atoms with Gasteiger partial charge in [-0.2, -0.15) is 0 Å². The highest BCUT2D eigenvalue weighted by atomic mass is 32.1. The number of fused-ring (bicyclic) bond motifs is 1. The van der Waals surface area contributed by atoms with Crippen molar-refractivity contribution in [1.82, 2.24) is 9.55 Å². The molecule has 0 aliphatic carbocycles. The van der Waals surface area contributed by atoms with Gasteiger partial charge in [0.05, 0.1) is 18.5 Å². The van der Waals surface area contributed by atoms with Crippen LogP contribution in [0.5, 0.6) is 0 Å². The first-order valence-corrected chi connectivity index (χ1v) is 10.8. The molecule has 0 atom stereocenters. The number of methoxy groups -OCH3 is 1. The van der Waals surface area contributed by atoms with E-state index in [9.17, 15) is 9.18 Å². The summed E-state index contributed by atoms with van der Waals surface area (Å²) in [5.41, 5.74) is 3.76. The molecule has 30 heavy (non-hydrogen) atoms. The van der Waals surface area contributed by atoms with Crippen LogP contribution in [-0.2, 0) is 24.1 Å². The van der Waals surface area contributed by atoms with Crippen LogP contribution in [0.25, 0.3) is 21.3 Å². The van der Waals surface area contributed by atoms with E-state index in [1.807, 2.05) is 11.4 Å². The number of hydrogen-bond donors (Lipinski definition) is 0. The lowest BCUT2D eigenvalue weighted by molar-refractivity contribution is 0.199. The number of aryl methyl sites for hydroxylation is 1. The van der Waals surface area contributed by atoms with E-state index in [4.69, 9.17) is 9.72 Å². The van der Waals surface area contributed by atoms with E-state index in [2.05, 4.69) is 31.2 Å². The van der Waals surface area contributed by atoms with Gasteiger partial charge >= 0.3 is 0 Å². The monoisotopic (exact) mass is 422 g/mol. The molecular weight excluding hydrogens is 399 g/mol. The van der Waals surface area contributed by atoms with Crippen molar-refractivity contribution in [3.05, 3.63) is 87.0 Å². The first-order chi connectivity index (χ1) is 14.6. The highest BCUT2D eigenvalue weighted by Crippen LogP contribution is 2.31. The smallest absolute Gasteiger partial charge is 0.263 e. The summed E-state index contributed by atoms with van der Waals surface area (Å²) in [6.07, 6.45) is 1.48. The molecule has 154 valence electrons. The van der Waals surface area contributed by atoms with E-state index in [-0.39, 0.29) is 17.9 Å². The quantitative estimate of drug-likeness (QED) is 0.418. The maximum atomic E-state index is 13.7. The van der Waals surface area contributed by atoms with Crippen LogP contribution in [0, 0.1) is 5.82 Å². The molecule has 2 aromatic heterocycles. The number of benzene rings is 2. The van der Waals surface area contributed by atoms with Crippen molar-refractivity contribution in [2.45, 2.75) is 26.3 Å². The molecule has 0 radical (unpaired) electrons. The van der Waals surface area contributed by atoms with Crippen LogP contribution in [0.15, 0.2) is 58.7 Å². The zero-order valence-electron chi connectivity index (χ0n) is 17.0. The Hall–Kier alpha value is -2.83. The Morgan fingerprint density at radius 2 is 1.93 bits per heavy atom. The van der Waals surface area contributed by atoms with Crippen LogP contribution in [0.2, 0.25) is 0 Å². The van der Waals surface area contributed by atoms with Gasteiger partial charge in [0.15, 0.2) is 0 Å². The van der Waals surface area contributed by atoms with Crippen LogP contribution in [0.4, 0.5) is 4.39 Å². The Bertz CT molecular complexity index is 1230. The fourth-order valence-electron chi connectivity index (χ4n) is 3.56. The van der Waals surface area contributed by atoms with Gasteiger partial charge in [-0.05, 0) is 35.2 Å². The fourth-order valence-corrected chi connectivity index (χ4v) is 4.52. The molecule has 4 aromatic rings. The van der Waals surface area contributed by atoms with Crippen molar-refractivity contribution in [3.8, 4) is 11.1 Å². The second-order valence-corrected chi connectivity index (χ2v) is 8.03. The maximum absolute atomic E-state index is 13.7. The van der Waals surface area contributed by atoms with Gasteiger partial charge < -0.3 is 4.74 Å². The normalized spacial score (nSPS) is 11.3. The molecule has 0 aliphatic rings. The third kappa shape index (κ3) is 4.06. The number of hydrogen-bond acceptors (Lipinski definition) is 4. The van der Waals surface area contributed by atoms with Gasteiger partial charge in [0, 0.05) is 24.5 Å². The number of ether oxygens (including phenoxy) is 1. The van der Waals surface area contributed by atoms with Crippen LogP contribution in [0.1, 0.15) is 23.9 Å². The predicted molar refractivity (Wildman–Crippen MR) is 120 cm³/mol. The molecule has 0 bridgehead atoms. The van der Waals surface area contributed by atoms with Crippen molar-refractivity contribution in [1.29, 1.82) is 0 Å². The Balaban J connectivity index is 1.86. The van der Waals surface area contributed by atoms with Crippen molar-refractivity contribution in [2.24, 2.45) is 0 Å². The lowest BCUT2D eigenvalue weighted by Crippen LogP contribution is -2.26. The van der Waals surface area contributed by atoms with E-state index in [1.165, 1.54) is 29.0 Å². The van der Waals surface area contributed by atoms with Gasteiger partial charge in [0.25, 0.3) is 5.56 Å². The lowest BCUT2D eigenvalue weighted by atomic mass is 10.0. The van der Waals surface area contributed by atoms with Crippen molar-refractivity contribution >= 4 is 21.6 Å².